The Morgan fingerprint density at radius 3 is 2.35 bits per heavy atom. The molecular formula is C15H25NO. The van der Waals surface area contributed by atoms with Crippen molar-refractivity contribution in [3.05, 3.63) is 29.8 Å². The molecule has 0 radical (unpaired) electrons. The smallest absolute Gasteiger partial charge is 0.119 e. The molecule has 1 aromatic rings. The van der Waals surface area contributed by atoms with Crippen LogP contribution in [-0.2, 0) is 0 Å². The first-order chi connectivity index (χ1) is 8.17. The van der Waals surface area contributed by atoms with Gasteiger partial charge in [-0.1, -0.05) is 39.3 Å². The fraction of sp³-hybridized carbons (Fsp3) is 0.600. The summed E-state index contributed by atoms with van der Waals surface area (Å²) in [6.45, 7) is 7.34. The minimum Gasteiger partial charge on any atom is -0.494 e. The van der Waals surface area contributed by atoms with Crippen molar-refractivity contribution < 1.29 is 4.74 Å². The topological polar surface area (TPSA) is 35.2 Å². The maximum atomic E-state index is 6.18. The number of nitrogens with two attached hydrogens (primary N) is 1. The van der Waals surface area contributed by atoms with Gasteiger partial charge >= 0.3 is 0 Å². The Kier molecular flexibility index (Phi) is 6.06. The van der Waals surface area contributed by atoms with E-state index in [9.17, 15) is 0 Å². The molecule has 0 aromatic heterocycles. The van der Waals surface area contributed by atoms with Crippen LogP contribution in [0.5, 0.6) is 5.75 Å². The summed E-state index contributed by atoms with van der Waals surface area (Å²) in [5.41, 5.74) is 7.38. The van der Waals surface area contributed by atoms with E-state index in [0.717, 1.165) is 25.2 Å². The minimum absolute atomic E-state index is 0.144. The quantitative estimate of drug-likeness (QED) is 0.777. The number of hydrogen-bond acceptors (Lipinski definition) is 2. The Balaban J connectivity index is 2.54. The maximum Gasteiger partial charge on any atom is 0.119 e. The molecule has 2 atom stereocenters. The third kappa shape index (κ3) is 4.78. The van der Waals surface area contributed by atoms with Crippen LogP contribution in [0.3, 0.4) is 0 Å². The monoisotopic (exact) mass is 235 g/mol. The molecule has 0 aliphatic heterocycles. The molecule has 1 aromatic carbocycles. The van der Waals surface area contributed by atoms with Crippen molar-refractivity contribution in [1.29, 1.82) is 0 Å². The first-order valence-electron chi connectivity index (χ1n) is 6.65. The van der Waals surface area contributed by atoms with Crippen molar-refractivity contribution >= 4 is 0 Å². The fourth-order valence-electron chi connectivity index (χ4n) is 1.77. The molecule has 0 spiro atoms. The molecule has 0 aliphatic rings. The standard InChI is InChI=1S/C15H25NO/c1-4-10-17-14-8-6-13(7-9-14)15(16)11-12(3)5-2/h6-9,12,15H,4-5,10-11,16H2,1-3H3. The summed E-state index contributed by atoms with van der Waals surface area (Å²) in [5.74, 6) is 1.62. The lowest BCUT2D eigenvalue weighted by Gasteiger charge is -2.16. The summed E-state index contributed by atoms with van der Waals surface area (Å²) >= 11 is 0. The van der Waals surface area contributed by atoms with E-state index in [1.165, 1.54) is 12.0 Å². The van der Waals surface area contributed by atoms with E-state index in [-0.39, 0.29) is 6.04 Å². The Hall–Kier alpha value is -1.02. The lowest BCUT2D eigenvalue weighted by Crippen LogP contribution is -2.13. The first kappa shape index (κ1) is 14.0. The molecule has 0 heterocycles. The zero-order chi connectivity index (χ0) is 12.7. The highest BCUT2D eigenvalue weighted by Crippen LogP contribution is 2.22. The van der Waals surface area contributed by atoms with E-state index in [1.807, 2.05) is 12.1 Å². The van der Waals surface area contributed by atoms with Crippen molar-refractivity contribution in [3.8, 4) is 5.75 Å². The number of rotatable bonds is 7. The Morgan fingerprint density at radius 2 is 1.82 bits per heavy atom. The van der Waals surface area contributed by atoms with Crippen LogP contribution >= 0.6 is 0 Å². The average Bonchev–Trinajstić information content (AvgIpc) is 2.36. The minimum atomic E-state index is 0.144. The lowest BCUT2D eigenvalue weighted by atomic mass is 9.95. The van der Waals surface area contributed by atoms with Crippen LogP contribution in [0.4, 0.5) is 0 Å². The highest BCUT2D eigenvalue weighted by molar-refractivity contribution is 5.29. The first-order valence-corrected chi connectivity index (χ1v) is 6.65. The second-order valence-corrected chi connectivity index (χ2v) is 4.77. The summed E-state index contributed by atoms with van der Waals surface area (Å²) in [6.07, 6.45) is 3.27. The number of benzene rings is 1. The van der Waals surface area contributed by atoms with Crippen LogP contribution < -0.4 is 10.5 Å². The molecule has 0 fully saturated rings. The third-order valence-electron chi connectivity index (χ3n) is 3.13. The van der Waals surface area contributed by atoms with Crippen LogP contribution in [0.2, 0.25) is 0 Å². The molecule has 2 nitrogen and oxygen atoms in total. The highest BCUT2D eigenvalue weighted by Gasteiger charge is 2.09. The van der Waals surface area contributed by atoms with Crippen molar-refractivity contribution in [2.24, 2.45) is 11.7 Å². The molecule has 0 saturated heterocycles. The summed E-state index contributed by atoms with van der Waals surface area (Å²) in [5, 5.41) is 0. The SMILES string of the molecule is CCCOc1ccc(C(N)CC(C)CC)cc1. The van der Waals surface area contributed by atoms with E-state index < -0.39 is 0 Å². The fourth-order valence-corrected chi connectivity index (χ4v) is 1.77. The van der Waals surface area contributed by atoms with Crippen molar-refractivity contribution in [3.63, 3.8) is 0 Å². The summed E-state index contributed by atoms with van der Waals surface area (Å²) in [7, 11) is 0. The van der Waals surface area contributed by atoms with Gasteiger partial charge in [0.2, 0.25) is 0 Å². The summed E-state index contributed by atoms with van der Waals surface area (Å²) < 4.78 is 5.55. The van der Waals surface area contributed by atoms with Gasteiger partial charge < -0.3 is 10.5 Å². The largest absolute Gasteiger partial charge is 0.494 e. The van der Waals surface area contributed by atoms with E-state index in [1.54, 1.807) is 0 Å². The van der Waals surface area contributed by atoms with Crippen LogP contribution in [0.15, 0.2) is 24.3 Å². The van der Waals surface area contributed by atoms with E-state index in [4.69, 9.17) is 10.5 Å². The molecule has 0 amide bonds. The lowest BCUT2D eigenvalue weighted by molar-refractivity contribution is 0.317. The third-order valence-corrected chi connectivity index (χ3v) is 3.13. The molecular weight excluding hydrogens is 210 g/mol. The van der Waals surface area contributed by atoms with Crippen molar-refractivity contribution in [2.75, 3.05) is 6.61 Å². The second kappa shape index (κ2) is 7.33. The molecule has 0 bridgehead atoms. The summed E-state index contributed by atoms with van der Waals surface area (Å²) in [6, 6.07) is 8.34. The molecule has 96 valence electrons. The van der Waals surface area contributed by atoms with Gasteiger partial charge in [-0.25, -0.2) is 0 Å². The zero-order valence-electron chi connectivity index (χ0n) is 11.3. The average molecular weight is 235 g/mol. The molecule has 2 N–H and O–H groups in total. The van der Waals surface area contributed by atoms with Crippen molar-refractivity contribution in [1.82, 2.24) is 0 Å². The molecule has 0 aliphatic carbocycles. The highest BCUT2D eigenvalue weighted by atomic mass is 16.5. The van der Waals surface area contributed by atoms with Gasteiger partial charge in [0.1, 0.15) is 5.75 Å². The van der Waals surface area contributed by atoms with E-state index >= 15 is 0 Å². The number of hydrogen-bond donors (Lipinski definition) is 1. The van der Waals surface area contributed by atoms with Gasteiger partial charge in [-0.05, 0) is 36.5 Å². The van der Waals surface area contributed by atoms with Crippen LogP contribution in [0, 0.1) is 5.92 Å². The van der Waals surface area contributed by atoms with Gasteiger partial charge in [0.15, 0.2) is 0 Å². The predicted molar refractivity (Wildman–Crippen MR) is 73.2 cm³/mol. The van der Waals surface area contributed by atoms with Gasteiger partial charge in [0.25, 0.3) is 0 Å². The zero-order valence-corrected chi connectivity index (χ0v) is 11.3. The second-order valence-electron chi connectivity index (χ2n) is 4.77. The van der Waals surface area contributed by atoms with Crippen LogP contribution in [-0.4, -0.2) is 6.61 Å². The molecule has 2 unspecified atom stereocenters. The molecule has 17 heavy (non-hydrogen) atoms. The van der Waals surface area contributed by atoms with Gasteiger partial charge in [0.05, 0.1) is 6.61 Å². The van der Waals surface area contributed by atoms with Crippen LogP contribution in [0.1, 0.15) is 51.6 Å². The van der Waals surface area contributed by atoms with E-state index in [2.05, 4.69) is 32.9 Å². The Bertz CT molecular complexity index is 307. The maximum absolute atomic E-state index is 6.18. The Labute approximate surface area is 105 Å². The van der Waals surface area contributed by atoms with E-state index in [0.29, 0.717) is 5.92 Å². The Morgan fingerprint density at radius 1 is 1.18 bits per heavy atom. The normalized spacial score (nSPS) is 14.4. The predicted octanol–water partition coefficient (Wildman–Crippen LogP) is 3.91. The molecule has 1 rings (SSSR count). The van der Waals surface area contributed by atoms with Crippen LogP contribution in [0.25, 0.3) is 0 Å². The van der Waals surface area contributed by atoms with Gasteiger partial charge in [-0.15, -0.1) is 0 Å². The molecule has 2 heteroatoms. The van der Waals surface area contributed by atoms with Gasteiger partial charge in [-0.3, -0.25) is 0 Å². The van der Waals surface area contributed by atoms with Gasteiger partial charge in [0, 0.05) is 6.04 Å². The molecule has 0 saturated carbocycles. The van der Waals surface area contributed by atoms with Crippen molar-refractivity contribution in [2.45, 2.75) is 46.1 Å². The number of ether oxygens (including phenoxy) is 1. The van der Waals surface area contributed by atoms with Gasteiger partial charge in [-0.2, -0.15) is 0 Å². The summed E-state index contributed by atoms with van der Waals surface area (Å²) in [4.78, 5) is 0.